The van der Waals surface area contributed by atoms with Crippen molar-refractivity contribution in [3.8, 4) is 0 Å². The van der Waals surface area contributed by atoms with Crippen LogP contribution in [0.3, 0.4) is 0 Å². The van der Waals surface area contributed by atoms with Gasteiger partial charge in [-0.05, 0) is 44.7 Å². The van der Waals surface area contributed by atoms with E-state index in [0.717, 1.165) is 12.8 Å². The van der Waals surface area contributed by atoms with Gasteiger partial charge in [-0.15, -0.1) is 11.3 Å². The normalized spacial score (nSPS) is 24.5. The Morgan fingerprint density at radius 1 is 1.32 bits per heavy atom. The number of carbonyl (C=O) groups is 2. The highest BCUT2D eigenvalue weighted by atomic mass is 32.1. The van der Waals surface area contributed by atoms with Crippen LogP contribution in [0.4, 0.5) is 0 Å². The maximum absolute atomic E-state index is 12.5. The number of likely N-dealkylation sites (tertiary alicyclic amines) is 1. The Hall–Kier alpha value is -1.24. The molecular formula is C16H21NO4S. The molecule has 1 amide bonds. The monoisotopic (exact) mass is 323 g/mol. The molecule has 1 N–H and O–H groups in total. The summed E-state index contributed by atoms with van der Waals surface area (Å²) in [4.78, 5) is 26.9. The van der Waals surface area contributed by atoms with Crippen molar-refractivity contribution in [3.63, 3.8) is 0 Å². The second-order valence-corrected chi connectivity index (χ2v) is 7.17. The Morgan fingerprint density at radius 3 is 2.59 bits per heavy atom. The molecule has 0 radical (unpaired) electrons. The molecule has 1 aromatic rings. The van der Waals surface area contributed by atoms with Crippen LogP contribution in [0.5, 0.6) is 0 Å². The lowest BCUT2D eigenvalue weighted by Crippen LogP contribution is -2.56. The molecule has 1 atom stereocenters. The van der Waals surface area contributed by atoms with E-state index in [1.165, 1.54) is 18.3 Å². The first kappa shape index (κ1) is 15.6. The van der Waals surface area contributed by atoms with E-state index in [0.29, 0.717) is 42.3 Å². The highest BCUT2D eigenvalue weighted by Crippen LogP contribution is 2.35. The molecule has 6 heteroatoms. The summed E-state index contributed by atoms with van der Waals surface area (Å²) in [5, 5.41) is 10.2. The number of aliphatic hydroxyl groups is 1. The topological polar surface area (TPSA) is 66.8 Å². The first-order chi connectivity index (χ1) is 10.5. The van der Waals surface area contributed by atoms with E-state index in [2.05, 4.69) is 0 Å². The third kappa shape index (κ3) is 2.83. The van der Waals surface area contributed by atoms with Gasteiger partial charge < -0.3 is 14.7 Å². The van der Waals surface area contributed by atoms with Gasteiger partial charge in [0, 0.05) is 19.7 Å². The lowest BCUT2D eigenvalue weighted by atomic mass is 9.82. The largest absolute Gasteiger partial charge is 0.390 e. The Balaban J connectivity index is 1.65. The highest BCUT2D eigenvalue weighted by molar-refractivity contribution is 7.15. The predicted molar refractivity (Wildman–Crippen MR) is 83.4 cm³/mol. The molecule has 2 aliphatic rings. The van der Waals surface area contributed by atoms with Crippen molar-refractivity contribution < 1.29 is 19.4 Å². The molecular weight excluding hydrogens is 302 g/mol. The molecule has 22 heavy (non-hydrogen) atoms. The van der Waals surface area contributed by atoms with Crippen LogP contribution in [0, 0.1) is 0 Å². The van der Waals surface area contributed by atoms with E-state index in [-0.39, 0.29) is 11.7 Å². The zero-order valence-electron chi connectivity index (χ0n) is 12.7. The molecule has 5 nitrogen and oxygen atoms in total. The third-order valence-electron chi connectivity index (χ3n) is 4.68. The van der Waals surface area contributed by atoms with Gasteiger partial charge in [-0.3, -0.25) is 9.59 Å². The third-order valence-corrected chi connectivity index (χ3v) is 5.85. The molecule has 3 rings (SSSR count). The van der Waals surface area contributed by atoms with Crippen LogP contribution in [-0.4, -0.2) is 53.1 Å². The van der Waals surface area contributed by atoms with Crippen LogP contribution in [0.15, 0.2) is 12.1 Å². The lowest BCUT2D eigenvalue weighted by Gasteiger charge is -2.46. The van der Waals surface area contributed by atoms with Crippen molar-refractivity contribution in [3.05, 3.63) is 21.9 Å². The van der Waals surface area contributed by atoms with Crippen molar-refractivity contribution in [1.29, 1.82) is 0 Å². The summed E-state index contributed by atoms with van der Waals surface area (Å²) in [6, 6.07) is 3.43. The number of carbonyl (C=O) groups excluding carboxylic acids is 2. The van der Waals surface area contributed by atoms with Gasteiger partial charge in [0.2, 0.25) is 0 Å². The molecule has 0 aromatic carbocycles. The number of ketones is 1. The number of rotatable bonds is 2. The summed E-state index contributed by atoms with van der Waals surface area (Å²) >= 11 is 1.25. The SMILES string of the molecule is CC(=O)c1ccc(C(=O)N2CCC3(CC2)OCCC[C@@H]3O)s1. The molecule has 3 heterocycles. The number of thiophene rings is 1. The first-order valence-corrected chi connectivity index (χ1v) is 8.55. The van der Waals surface area contributed by atoms with Crippen LogP contribution in [0.25, 0.3) is 0 Å². The number of nitrogens with zero attached hydrogens (tertiary/aromatic N) is 1. The molecule has 2 saturated heterocycles. The highest BCUT2D eigenvalue weighted by Gasteiger charge is 2.44. The molecule has 0 bridgehead atoms. The first-order valence-electron chi connectivity index (χ1n) is 7.74. The summed E-state index contributed by atoms with van der Waals surface area (Å²) in [5.41, 5.74) is -0.463. The number of Topliss-reactive ketones (excluding diaryl/α,β-unsaturated/α-hetero) is 1. The van der Waals surface area contributed by atoms with E-state index in [1.54, 1.807) is 17.0 Å². The van der Waals surface area contributed by atoms with Gasteiger partial charge in [-0.1, -0.05) is 0 Å². The number of hydrogen-bond acceptors (Lipinski definition) is 5. The van der Waals surface area contributed by atoms with Gasteiger partial charge in [0.05, 0.1) is 21.5 Å². The maximum Gasteiger partial charge on any atom is 0.263 e. The van der Waals surface area contributed by atoms with E-state index < -0.39 is 11.7 Å². The number of amides is 1. The van der Waals surface area contributed by atoms with Crippen molar-refractivity contribution >= 4 is 23.0 Å². The zero-order valence-corrected chi connectivity index (χ0v) is 13.5. The molecule has 0 aliphatic carbocycles. The second-order valence-electron chi connectivity index (χ2n) is 6.08. The molecule has 120 valence electrons. The van der Waals surface area contributed by atoms with Gasteiger partial charge in [-0.2, -0.15) is 0 Å². The van der Waals surface area contributed by atoms with Gasteiger partial charge >= 0.3 is 0 Å². The summed E-state index contributed by atoms with van der Waals surface area (Å²) in [6.07, 6.45) is 2.59. The summed E-state index contributed by atoms with van der Waals surface area (Å²) < 4.78 is 5.86. The molecule has 2 aliphatic heterocycles. The number of piperidine rings is 1. The van der Waals surface area contributed by atoms with E-state index in [9.17, 15) is 14.7 Å². The average Bonchev–Trinajstić information content (AvgIpc) is 3.01. The number of ether oxygens (including phenoxy) is 1. The molecule has 1 aromatic heterocycles. The average molecular weight is 323 g/mol. The fraction of sp³-hybridized carbons (Fsp3) is 0.625. The van der Waals surface area contributed by atoms with E-state index in [1.807, 2.05) is 0 Å². The minimum absolute atomic E-state index is 0.0135. The number of aliphatic hydroxyl groups excluding tert-OH is 1. The second kappa shape index (κ2) is 6.10. The van der Waals surface area contributed by atoms with Crippen molar-refractivity contribution in [2.45, 2.75) is 44.3 Å². The lowest BCUT2D eigenvalue weighted by molar-refractivity contribution is -0.174. The van der Waals surface area contributed by atoms with Crippen molar-refractivity contribution in [1.82, 2.24) is 4.90 Å². The van der Waals surface area contributed by atoms with Gasteiger partial charge in [-0.25, -0.2) is 0 Å². The Morgan fingerprint density at radius 2 is 2.00 bits per heavy atom. The maximum atomic E-state index is 12.5. The van der Waals surface area contributed by atoms with Gasteiger partial charge in [0.25, 0.3) is 5.91 Å². The number of hydrogen-bond donors (Lipinski definition) is 1. The van der Waals surface area contributed by atoms with E-state index >= 15 is 0 Å². The van der Waals surface area contributed by atoms with Crippen LogP contribution in [0.2, 0.25) is 0 Å². The van der Waals surface area contributed by atoms with E-state index in [4.69, 9.17) is 4.74 Å². The van der Waals surface area contributed by atoms with Crippen molar-refractivity contribution in [2.24, 2.45) is 0 Å². The minimum Gasteiger partial charge on any atom is -0.390 e. The quantitative estimate of drug-likeness (QED) is 0.847. The predicted octanol–water partition coefficient (Wildman–Crippen LogP) is 2.10. The summed E-state index contributed by atoms with van der Waals surface area (Å²) in [6.45, 7) is 3.37. The fourth-order valence-corrected chi connectivity index (χ4v) is 4.14. The van der Waals surface area contributed by atoms with Crippen LogP contribution in [0.1, 0.15) is 52.0 Å². The summed E-state index contributed by atoms with van der Waals surface area (Å²) in [7, 11) is 0. The standard InChI is InChI=1S/C16H21NO4S/c1-11(18)12-4-5-13(22-12)15(20)17-8-6-16(7-9-17)14(19)3-2-10-21-16/h4-5,14,19H,2-3,6-10H2,1H3/t14-/m0/s1. The fourth-order valence-electron chi connectivity index (χ4n) is 3.28. The van der Waals surface area contributed by atoms with Crippen LogP contribution >= 0.6 is 11.3 Å². The molecule has 0 saturated carbocycles. The van der Waals surface area contributed by atoms with Gasteiger partial charge in [0.15, 0.2) is 5.78 Å². The van der Waals surface area contributed by atoms with Crippen LogP contribution in [-0.2, 0) is 4.74 Å². The van der Waals surface area contributed by atoms with Gasteiger partial charge in [0.1, 0.15) is 0 Å². The minimum atomic E-state index is -0.463. The smallest absolute Gasteiger partial charge is 0.263 e. The Kier molecular flexibility index (Phi) is 4.34. The summed E-state index contributed by atoms with van der Waals surface area (Å²) in [5.74, 6) is -0.0435. The molecule has 2 fully saturated rings. The zero-order chi connectivity index (χ0) is 15.7. The Labute approximate surface area is 133 Å². The van der Waals surface area contributed by atoms with Crippen molar-refractivity contribution in [2.75, 3.05) is 19.7 Å². The van der Waals surface area contributed by atoms with Crippen LogP contribution < -0.4 is 0 Å². The molecule has 1 spiro atoms. The Bertz CT molecular complexity index is 574. The molecule has 0 unspecified atom stereocenters.